The van der Waals surface area contributed by atoms with Crippen LogP contribution >= 0.6 is 35.7 Å². The molecule has 7 heteroatoms. The van der Waals surface area contributed by atoms with Crippen molar-refractivity contribution in [3.63, 3.8) is 0 Å². The van der Waals surface area contributed by atoms with Crippen LogP contribution in [-0.2, 0) is 0 Å². The molecule has 2 atom stereocenters. The summed E-state index contributed by atoms with van der Waals surface area (Å²) in [4.78, 5) is 12.3. The molecule has 0 spiro atoms. The number of nitrogens with one attached hydrogen (secondary N) is 1. The zero-order valence-electron chi connectivity index (χ0n) is 15.1. The lowest BCUT2D eigenvalue weighted by Gasteiger charge is -2.38. The first-order valence-corrected chi connectivity index (χ1v) is 9.72. The van der Waals surface area contributed by atoms with Gasteiger partial charge in [-0.15, -0.1) is 24.0 Å². The van der Waals surface area contributed by atoms with E-state index < -0.39 is 0 Å². The third kappa shape index (κ3) is 6.59. The minimum absolute atomic E-state index is 0. The molecule has 5 nitrogen and oxygen atoms in total. The zero-order chi connectivity index (χ0) is 15.9. The van der Waals surface area contributed by atoms with Crippen molar-refractivity contribution in [3.05, 3.63) is 0 Å². The van der Waals surface area contributed by atoms with Crippen LogP contribution < -0.4 is 5.32 Å². The SMILES string of the molecule is CCNC(=NCC1CN(C)CCN1C)N1CCSC(CC)C1.I. The molecule has 2 unspecified atom stereocenters. The second-order valence-corrected chi connectivity index (χ2v) is 7.85. The summed E-state index contributed by atoms with van der Waals surface area (Å²) in [6.07, 6.45) is 1.25. The lowest BCUT2D eigenvalue weighted by molar-refractivity contribution is 0.119. The number of thioether (sulfide) groups is 1. The van der Waals surface area contributed by atoms with Gasteiger partial charge in [0.15, 0.2) is 5.96 Å². The van der Waals surface area contributed by atoms with Gasteiger partial charge >= 0.3 is 0 Å². The highest BCUT2D eigenvalue weighted by Crippen LogP contribution is 2.21. The van der Waals surface area contributed by atoms with Gasteiger partial charge in [-0.1, -0.05) is 6.92 Å². The Balaban J connectivity index is 0.00000264. The second kappa shape index (κ2) is 11.0. The number of hydrogen-bond acceptors (Lipinski definition) is 4. The van der Waals surface area contributed by atoms with E-state index in [1.54, 1.807) is 0 Å². The lowest BCUT2D eigenvalue weighted by Crippen LogP contribution is -2.52. The Morgan fingerprint density at radius 3 is 2.65 bits per heavy atom. The van der Waals surface area contributed by atoms with E-state index in [0.29, 0.717) is 6.04 Å². The molecule has 2 aliphatic rings. The molecule has 136 valence electrons. The number of guanidine groups is 1. The quantitative estimate of drug-likeness (QED) is 0.396. The molecule has 0 bridgehead atoms. The van der Waals surface area contributed by atoms with E-state index in [-0.39, 0.29) is 24.0 Å². The van der Waals surface area contributed by atoms with Gasteiger partial charge < -0.3 is 15.1 Å². The first-order valence-electron chi connectivity index (χ1n) is 8.67. The summed E-state index contributed by atoms with van der Waals surface area (Å²) in [7, 11) is 4.44. The topological polar surface area (TPSA) is 34.1 Å². The van der Waals surface area contributed by atoms with Crippen LogP contribution in [0.1, 0.15) is 20.3 Å². The molecule has 0 aromatic carbocycles. The van der Waals surface area contributed by atoms with Crippen molar-refractivity contribution in [1.82, 2.24) is 20.0 Å². The van der Waals surface area contributed by atoms with Crippen molar-refractivity contribution in [1.29, 1.82) is 0 Å². The van der Waals surface area contributed by atoms with Crippen LogP contribution in [0.4, 0.5) is 0 Å². The number of rotatable bonds is 4. The largest absolute Gasteiger partial charge is 0.357 e. The van der Waals surface area contributed by atoms with Gasteiger partial charge in [-0.2, -0.15) is 11.8 Å². The van der Waals surface area contributed by atoms with Crippen molar-refractivity contribution in [2.24, 2.45) is 4.99 Å². The Morgan fingerprint density at radius 1 is 1.17 bits per heavy atom. The molecule has 2 saturated heterocycles. The van der Waals surface area contributed by atoms with Gasteiger partial charge in [-0.3, -0.25) is 9.89 Å². The number of halogens is 1. The average Bonchev–Trinajstić information content (AvgIpc) is 2.54. The average molecular weight is 455 g/mol. The van der Waals surface area contributed by atoms with Crippen LogP contribution in [0.25, 0.3) is 0 Å². The third-order valence-electron chi connectivity index (χ3n) is 4.66. The molecule has 0 radical (unpaired) electrons. The molecule has 0 aromatic heterocycles. The number of likely N-dealkylation sites (N-methyl/N-ethyl adjacent to an activating group) is 2. The van der Waals surface area contributed by atoms with Gasteiger partial charge in [0.05, 0.1) is 6.54 Å². The molecule has 23 heavy (non-hydrogen) atoms. The van der Waals surface area contributed by atoms with E-state index >= 15 is 0 Å². The predicted octanol–water partition coefficient (Wildman–Crippen LogP) is 1.64. The summed E-state index contributed by atoms with van der Waals surface area (Å²) < 4.78 is 0. The minimum Gasteiger partial charge on any atom is -0.357 e. The standard InChI is InChI=1S/C16H33N5S.HI/c1-5-15-13-21(9-10-22-15)16(17-6-2)18-11-14-12-19(3)7-8-20(14)4;/h14-15H,5-13H2,1-4H3,(H,17,18);1H. The maximum absolute atomic E-state index is 4.97. The summed E-state index contributed by atoms with van der Waals surface area (Å²) >= 11 is 2.11. The van der Waals surface area contributed by atoms with Gasteiger partial charge in [0.25, 0.3) is 0 Å². The maximum atomic E-state index is 4.97. The first kappa shape index (κ1) is 21.3. The van der Waals surface area contributed by atoms with Gasteiger partial charge in [-0.05, 0) is 27.4 Å². The van der Waals surface area contributed by atoms with Crippen LogP contribution in [0, 0.1) is 0 Å². The Labute approximate surface area is 163 Å². The van der Waals surface area contributed by atoms with Crippen molar-refractivity contribution < 1.29 is 0 Å². The van der Waals surface area contributed by atoms with Gasteiger partial charge in [0, 0.05) is 56.3 Å². The van der Waals surface area contributed by atoms with Crippen molar-refractivity contribution in [2.45, 2.75) is 31.6 Å². The summed E-state index contributed by atoms with van der Waals surface area (Å²) in [5, 5.41) is 4.25. The highest BCUT2D eigenvalue weighted by atomic mass is 127. The van der Waals surface area contributed by atoms with Crippen LogP contribution in [-0.4, -0.2) is 97.6 Å². The smallest absolute Gasteiger partial charge is 0.194 e. The minimum atomic E-state index is 0. The van der Waals surface area contributed by atoms with Crippen molar-refractivity contribution in [2.75, 3.05) is 65.7 Å². The van der Waals surface area contributed by atoms with E-state index in [1.165, 1.54) is 12.2 Å². The monoisotopic (exact) mass is 455 g/mol. The Kier molecular flexibility index (Phi) is 10.2. The summed E-state index contributed by atoms with van der Waals surface area (Å²) in [5.74, 6) is 2.33. The van der Waals surface area contributed by atoms with Gasteiger partial charge in [0.2, 0.25) is 0 Å². The molecule has 2 aliphatic heterocycles. The van der Waals surface area contributed by atoms with E-state index in [2.05, 4.69) is 59.7 Å². The summed E-state index contributed by atoms with van der Waals surface area (Å²) in [6, 6.07) is 0.536. The molecule has 2 heterocycles. The van der Waals surface area contributed by atoms with Crippen LogP contribution in [0.2, 0.25) is 0 Å². The number of nitrogens with zero attached hydrogens (tertiary/aromatic N) is 4. The molecule has 2 rings (SSSR count). The fourth-order valence-corrected chi connectivity index (χ4v) is 4.26. The lowest BCUT2D eigenvalue weighted by atomic mass is 10.2. The fourth-order valence-electron chi connectivity index (χ4n) is 3.07. The zero-order valence-corrected chi connectivity index (χ0v) is 18.3. The van der Waals surface area contributed by atoms with Gasteiger partial charge in [0.1, 0.15) is 0 Å². The van der Waals surface area contributed by atoms with E-state index in [4.69, 9.17) is 4.99 Å². The molecule has 0 saturated carbocycles. The highest BCUT2D eigenvalue weighted by Gasteiger charge is 2.24. The van der Waals surface area contributed by atoms with Gasteiger partial charge in [-0.25, -0.2) is 0 Å². The van der Waals surface area contributed by atoms with Crippen molar-refractivity contribution in [3.8, 4) is 0 Å². The molecule has 1 N–H and O–H groups in total. The van der Waals surface area contributed by atoms with Crippen LogP contribution in [0.15, 0.2) is 4.99 Å². The molecular formula is C16H34IN5S. The molecular weight excluding hydrogens is 421 g/mol. The molecule has 0 aromatic rings. The Bertz CT molecular complexity index is 368. The first-order chi connectivity index (χ1) is 10.6. The molecule has 0 aliphatic carbocycles. The fraction of sp³-hybridized carbons (Fsp3) is 0.938. The van der Waals surface area contributed by atoms with Crippen LogP contribution in [0.3, 0.4) is 0 Å². The Morgan fingerprint density at radius 2 is 1.96 bits per heavy atom. The second-order valence-electron chi connectivity index (χ2n) is 6.44. The summed E-state index contributed by atoms with van der Waals surface area (Å²) in [6.45, 7) is 12.0. The van der Waals surface area contributed by atoms with Crippen molar-refractivity contribution >= 4 is 41.7 Å². The Hall–Kier alpha value is 0.270. The summed E-state index contributed by atoms with van der Waals surface area (Å²) in [5.41, 5.74) is 0. The maximum Gasteiger partial charge on any atom is 0.194 e. The number of hydrogen-bond donors (Lipinski definition) is 1. The van der Waals surface area contributed by atoms with E-state index in [9.17, 15) is 0 Å². The molecule has 2 fully saturated rings. The highest BCUT2D eigenvalue weighted by molar-refractivity contribution is 14.0. The third-order valence-corrected chi connectivity index (χ3v) is 6.03. The van der Waals surface area contributed by atoms with E-state index in [0.717, 1.165) is 57.0 Å². The predicted molar refractivity (Wildman–Crippen MR) is 113 cm³/mol. The van der Waals surface area contributed by atoms with Crippen LogP contribution in [0.5, 0.6) is 0 Å². The number of piperazine rings is 1. The number of aliphatic imine (C=N–C) groups is 1. The normalized spacial score (nSPS) is 27.7. The molecule has 0 amide bonds. The van der Waals surface area contributed by atoms with E-state index in [1.807, 2.05) is 0 Å².